The van der Waals surface area contributed by atoms with Crippen LogP contribution in [0.15, 0.2) is 62.0 Å². The van der Waals surface area contributed by atoms with Crippen LogP contribution in [0.1, 0.15) is 42.3 Å². The van der Waals surface area contributed by atoms with Crippen LogP contribution in [-0.4, -0.2) is 10.9 Å². The van der Waals surface area contributed by atoms with Crippen LogP contribution in [0.4, 0.5) is 5.69 Å². The van der Waals surface area contributed by atoms with Crippen molar-refractivity contribution in [1.82, 2.24) is 4.98 Å². The number of furan rings is 1. The first-order valence-electron chi connectivity index (χ1n) is 9.21. The fourth-order valence-corrected chi connectivity index (χ4v) is 3.46. The molecular weight excluding hydrogens is 456 g/mol. The molecule has 0 saturated heterocycles. The van der Waals surface area contributed by atoms with Crippen molar-refractivity contribution in [2.24, 2.45) is 0 Å². The number of oxazole rings is 1. The van der Waals surface area contributed by atoms with E-state index >= 15 is 0 Å². The lowest BCUT2D eigenvalue weighted by molar-refractivity contribution is 0.0995. The summed E-state index contributed by atoms with van der Waals surface area (Å²) in [6.45, 7) is 4.35. The number of fused-ring (bicyclic) bond motifs is 1. The van der Waals surface area contributed by atoms with Crippen LogP contribution in [0.3, 0.4) is 0 Å². The van der Waals surface area contributed by atoms with E-state index in [-0.39, 0.29) is 5.76 Å². The average molecular weight is 474 g/mol. The number of nitrogens with one attached hydrogen (secondary N) is 1. The molecule has 1 amide bonds. The standard InChI is InChI=1S/C22H18BrClN2O3/c1-3-12(2)13-5-7-18-17(10-13)26-22(29-18)14-4-6-15(24)16(11-14)25-21(27)19-8-9-20(23)28-19/h4-12H,3H2,1-2H3,(H,25,27)/t12-/m0/s1. The van der Waals surface area contributed by atoms with Crippen molar-refractivity contribution in [2.75, 3.05) is 5.32 Å². The van der Waals surface area contributed by atoms with E-state index in [2.05, 4.69) is 52.2 Å². The number of nitrogens with zero attached hydrogens (tertiary/aromatic N) is 1. The third-order valence-electron chi connectivity index (χ3n) is 4.85. The fraction of sp³-hybridized carbons (Fsp3) is 0.182. The second-order valence-corrected chi connectivity index (χ2v) is 8.00. The van der Waals surface area contributed by atoms with E-state index in [1.54, 1.807) is 24.3 Å². The van der Waals surface area contributed by atoms with Crippen molar-refractivity contribution >= 4 is 50.2 Å². The molecule has 0 saturated carbocycles. The number of anilines is 1. The molecule has 2 aromatic carbocycles. The van der Waals surface area contributed by atoms with Gasteiger partial charge in [-0.05, 0) is 76.3 Å². The molecule has 4 aromatic rings. The predicted molar refractivity (Wildman–Crippen MR) is 118 cm³/mol. The quantitative estimate of drug-likeness (QED) is 0.331. The van der Waals surface area contributed by atoms with Gasteiger partial charge in [0, 0.05) is 5.56 Å². The minimum atomic E-state index is -0.398. The summed E-state index contributed by atoms with van der Waals surface area (Å²) in [4.78, 5) is 17.0. The molecule has 29 heavy (non-hydrogen) atoms. The van der Waals surface area contributed by atoms with Gasteiger partial charge in [0.2, 0.25) is 5.89 Å². The van der Waals surface area contributed by atoms with Gasteiger partial charge in [-0.1, -0.05) is 31.5 Å². The molecule has 148 valence electrons. The molecule has 0 aliphatic heterocycles. The second-order valence-electron chi connectivity index (χ2n) is 6.81. The molecule has 4 rings (SSSR count). The highest BCUT2D eigenvalue weighted by Gasteiger charge is 2.16. The maximum absolute atomic E-state index is 12.4. The molecule has 0 bridgehead atoms. The highest BCUT2D eigenvalue weighted by atomic mass is 79.9. The molecule has 0 fully saturated rings. The van der Waals surface area contributed by atoms with E-state index in [1.807, 2.05) is 12.1 Å². The number of halogens is 2. The first-order valence-corrected chi connectivity index (χ1v) is 10.4. The number of hydrogen-bond acceptors (Lipinski definition) is 4. The zero-order valence-electron chi connectivity index (χ0n) is 15.8. The molecule has 2 heterocycles. The summed E-state index contributed by atoms with van der Waals surface area (Å²) in [6, 6.07) is 14.5. The van der Waals surface area contributed by atoms with Gasteiger partial charge in [0.25, 0.3) is 5.91 Å². The molecule has 0 unspecified atom stereocenters. The first kappa shape index (κ1) is 19.7. The van der Waals surface area contributed by atoms with Crippen LogP contribution >= 0.6 is 27.5 Å². The fourth-order valence-electron chi connectivity index (χ4n) is 2.98. The van der Waals surface area contributed by atoms with E-state index in [0.29, 0.717) is 38.3 Å². The molecule has 7 heteroatoms. The average Bonchev–Trinajstić information content (AvgIpc) is 3.34. The van der Waals surface area contributed by atoms with Crippen molar-refractivity contribution in [2.45, 2.75) is 26.2 Å². The van der Waals surface area contributed by atoms with E-state index < -0.39 is 5.91 Å². The van der Waals surface area contributed by atoms with Crippen LogP contribution in [0, 0.1) is 0 Å². The number of amides is 1. The molecule has 5 nitrogen and oxygen atoms in total. The van der Waals surface area contributed by atoms with Crippen LogP contribution in [0.5, 0.6) is 0 Å². The van der Waals surface area contributed by atoms with Gasteiger partial charge in [0.05, 0.1) is 10.7 Å². The summed E-state index contributed by atoms with van der Waals surface area (Å²) in [5.74, 6) is 0.705. The summed E-state index contributed by atoms with van der Waals surface area (Å²) < 4.78 is 11.7. The summed E-state index contributed by atoms with van der Waals surface area (Å²) in [5.41, 5.74) is 3.91. The Morgan fingerprint density at radius 2 is 2.00 bits per heavy atom. The maximum atomic E-state index is 12.4. The van der Waals surface area contributed by atoms with Gasteiger partial charge in [-0.2, -0.15) is 0 Å². The molecule has 2 aromatic heterocycles. The number of aromatic nitrogens is 1. The van der Waals surface area contributed by atoms with Crippen LogP contribution in [-0.2, 0) is 0 Å². The predicted octanol–water partition coefficient (Wildman–Crippen LogP) is 7.27. The summed E-state index contributed by atoms with van der Waals surface area (Å²) in [5, 5.41) is 3.17. The minimum absolute atomic E-state index is 0.179. The zero-order chi connectivity index (χ0) is 20.5. The van der Waals surface area contributed by atoms with Gasteiger partial charge in [-0.15, -0.1) is 0 Å². The zero-order valence-corrected chi connectivity index (χ0v) is 18.2. The molecule has 1 N–H and O–H groups in total. The Morgan fingerprint density at radius 3 is 2.72 bits per heavy atom. The molecule has 0 radical (unpaired) electrons. The van der Waals surface area contributed by atoms with E-state index in [4.69, 9.17) is 20.4 Å². The van der Waals surface area contributed by atoms with Gasteiger partial charge in [-0.25, -0.2) is 4.98 Å². The third kappa shape index (κ3) is 4.09. The summed E-state index contributed by atoms with van der Waals surface area (Å²) in [7, 11) is 0. The Bertz CT molecular complexity index is 1200. The number of carbonyl (C=O) groups is 1. The second kappa shape index (κ2) is 8.05. The van der Waals surface area contributed by atoms with Gasteiger partial charge in [0.1, 0.15) is 5.52 Å². The van der Waals surface area contributed by atoms with Gasteiger partial charge in [-0.3, -0.25) is 4.79 Å². The first-order chi connectivity index (χ1) is 13.9. The van der Waals surface area contributed by atoms with Crippen molar-refractivity contribution in [1.29, 1.82) is 0 Å². The van der Waals surface area contributed by atoms with Gasteiger partial charge >= 0.3 is 0 Å². The lowest BCUT2D eigenvalue weighted by atomic mass is 9.98. The van der Waals surface area contributed by atoms with E-state index in [1.165, 1.54) is 5.56 Å². The normalized spacial score (nSPS) is 12.3. The van der Waals surface area contributed by atoms with E-state index in [0.717, 1.165) is 11.9 Å². The van der Waals surface area contributed by atoms with Crippen molar-refractivity contribution in [3.05, 3.63) is 69.5 Å². The lowest BCUT2D eigenvalue weighted by Gasteiger charge is -2.07. The molecule has 0 aliphatic rings. The highest BCUT2D eigenvalue weighted by Crippen LogP contribution is 2.32. The maximum Gasteiger partial charge on any atom is 0.291 e. The number of rotatable bonds is 5. The Labute approximate surface area is 181 Å². The van der Waals surface area contributed by atoms with Crippen LogP contribution in [0.25, 0.3) is 22.6 Å². The summed E-state index contributed by atoms with van der Waals surface area (Å²) in [6.07, 6.45) is 1.06. The Kier molecular flexibility index (Phi) is 5.48. The number of benzene rings is 2. The van der Waals surface area contributed by atoms with Crippen molar-refractivity contribution in [3.63, 3.8) is 0 Å². The SMILES string of the molecule is CC[C@H](C)c1ccc2oc(-c3ccc(Cl)c(NC(=O)c4ccc(Br)o4)c3)nc2c1. The van der Waals surface area contributed by atoms with E-state index in [9.17, 15) is 4.79 Å². The minimum Gasteiger partial charge on any atom is -0.444 e. The number of carbonyl (C=O) groups excluding carboxylic acids is 1. The topological polar surface area (TPSA) is 68.3 Å². The Morgan fingerprint density at radius 1 is 1.17 bits per heavy atom. The summed E-state index contributed by atoms with van der Waals surface area (Å²) >= 11 is 9.45. The Balaban J connectivity index is 1.65. The molecule has 0 spiro atoms. The van der Waals surface area contributed by atoms with Crippen molar-refractivity contribution < 1.29 is 13.6 Å². The Hall–Kier alpha value is -2.57. The largest absolute Gasteiger partial charge is 0.444 e. The molecule has 1 atom stereocenters. The van der Waals surface area contributed by atoms with Gasteiger partial charge < -0.3 is 14.2 Å². The highest BCUT2D eigenvalue weighted by molar-refractivity contribution is 9.10. The van der Waals surface area contributed by atoms with Crippen LogP contribution < -0.4 is 5.32 Å². The smallest absolute Gasteiger partial charge is 0.291 e. The third-order valence-corrected chi connectivity index (χ3v) is 5.61. The molecule has 0 aliphatic carbocycles. The van der Waals surface area contributed by atoms with Crippen molar-refractivity contribution in [3.8, 4) is 11.5 Å². The number of hydrogen-bond donors (Lipinski definition) is 1. The van der Waals surface area contributed by atoms with Gasteiger partial charge in [0.15, 0.2) is 16.0 Å². The monoisotopic (exact) mass is 472 g/mol. The van der Waals surface area contributed by atoms with Crippen LogP contribution in [0.2, 0.25) is 5.02 Å². The molecular formula is C22H18BrClN2O3. The lowest BCUT2D eigenvalue weighted by Crippen LogP contribution is -2.11.